The normalized spacial score (nSPS) is 12.0. The Hall–Kier alpha value is -3.35. The zero-order valence-electron chi connectivity index (χ0n) is 18.5. The first-order valence-corrected chi connectivity index (χ1v) is 12.8. The molecule has 0 atom stereocenters. The number of carbonyl (C=O) groups is 1. The molecule has 10 nitrogen and oxygen atoms in total. The monoisotopic (exact) mass is 502 g/mol. The molecule has 3 heterocycles. The Labute approximate surface area is 198 Å². The first-order valence-electron chi connectivity index (χ1n) is 10.5. The lowest BCUT2D eigenvalue weighted by atomic mass is 10.3. The van der Waals surface area contributed by atoms with Crippen LogP contribution in [-0.4, -0.2) is 45.7 Å². The van der Waals surface area contributed by atoms with Gasteiger partial charge in [-0.15, -0.1) is 0 Å². The van der Waals surface area contributed by atoms with Crippen molar-refractivity contribution in [1.82, 2.24) is 18.3 Å². The van der Waals surface area contributed by atoms with Gasteiger partial charge in [-0.2, -0.15) is 4.31 Å². The number of hydrogen-bond acceptors (Lipinski definition) is 8. The number of aromatic nitrogens is 3. The van der Waals surface area contributed by atoms with Crippen molar-refractivity contribution in [3.05, 3.63) is 75.1 Å². The lowest BCUT2D eigenvalue weighted by Crippen LogP contribution is -2.32. The number of carbonyl (C=O) groups excluding carboxylic acids is 1. The molecule has 0 aliphatic carbocycles. The van der Waals surface area contributed by atoms with Gasteiger partial charge in [0.1, 0.15) is 13.2 Å². The Balaban J connectivity index is 1.51. The number of esters is 1. The van der Waals surface area contributed by atoms with Gasteiger partial charge >= 0.3 is 5.97 Å². The molecule has 0 aliphatic heterocycles. The number of thiazole rings is 1. The summed E-state index contributed by atoms with van der Waals surface area (Å²) in [5.74, 6) is -0.766. The molecular formula is C22H22N4O6S2. The minimum Gasteiger partial charge on any atom is -0.458 e. The van der Waals surface area contributed by atoms with Gasteiger partial charge in [-0.05, 0) is 18.2 Å². The average Bonchev–Trinajstić information content (AvgIpc) is 3.18. The number of pyridine rings is 1. The van der Waals surface area contributed by atoms with Crippen molar-refractivity contribution in [1.29, 1.82) is 0 Å². The van der Waals surface area contributed by atoms with Gasteiger partial charge in [0.05, 0.1) is 20.8 Å². The highest BCUT2D eigenvalue weighted by molar-refractivity contribution is 7.89. The fraction of sp³-hybridized carbons (Fsp3) is 0.273. The van der Waals surface area contributed by atoms with Gasteiger partial charge in [0.2, 0.25) is 10.0 Å². The van der Waals surface area contributed by atoms with Gasteiger partial charge in [0.15, 0.2) is 4.96 Å². The molecule has 0 spiro atoms. The molecule has 0 N–H and O–H groups in total. The molecule has 0 amide bonds. The van der Waals surface area contributed by atoms with Crippen molar-refractivity contribution in [2.24, 2.45) is 0 Å². The number of fused-ring (bicyclic) bond motifs is 3. The van der Waals surface area contributed by atoms with Crippen LogP contribution in [0.3, 0.4) is 0 Å². The van der Waals surface area contributed by atoms with Crippen molar-refractivity contribution in [2.75, 3.05) is 13.1 Å². The fourth-order valence-electron chi connectivity index (χ4n) is 3.53. The van der Waals surface area contributed by atoms with E-state index < -0.39 is 28.1 Å². The van der Waals surface area contributed by atoms with Crippen LogP contribution in [0.2, 0.25) is 0 Å². The Morgan fingerprint density at radius 1 is 1.09 bits per heavy atom. The van der Waals surface area contributed by atoms with Crippen LogP contribution < -0.4 is 11.1 Å². The molecule has 1 aromatic carbocycles. The molecule has 4 rings (SSSR count). The fourth-order valence-corrected chi connectivity index (χ4v) is 6.06. The van der Waals surface area contributed by atoms with Crippen molar-refractivity contribution < 1.29 is 17.9 Å². The standard InChI is InChI=1S/C22H22N4O6S2/c1-3-25(4-2)34(30,31)16-9-10-19(27)24(12-16)13-21(29)32-14-15-11-20(28)26-17-7-5-6-8-18(17)33-22(26)23-15/h5-12H,3-4,13-14H2,1-2H3. The molecular weight excluding hydrogens is 480 g/mol. The summed E-state index contributed by atoms with van der Waals surface area (Å²) in [6.45, 7) is 3.23. The average molecular weight is 503 g/mol. The molecule has 0 saturated carbocycles. The van der Waals surface area contributed by atoms with E-state index in [1.54, 1.807) is 13.8 Å². The highest BCUT2D eigenvalue weighted by Crippen LogP contribution is 2.23. The summed E-state index contributed by atoms with van der Waals surface area (Å²) in [6, 6.07) is 11.0. The summed E-state index contributed by atoms with van der Waals surface area (Å²) < 4.78 is 35.3. The first kappa shape index (κ1) is 23.8. The van der Waals surface area contributed by atoms with Crippen LogP contribution in [0.4, 0.5) is 0 Å². The molecule has 0 saturated heterocycles. The molecule has 12 heteroatoms. The van der Waals surface area contributed by atoms with Crippen LogP contribution in [0.1, 0.15) is 19.5 Å². The highest BCUT2D eigenvalue weighted by atomic mass is 32.2. The van der Waals surface area contributed by atoms with E-state index in [1.165, 1.54) is 32.2 Å². The summed E-state index contributed by atoms with van der Waals surface area (Å²) in [4.78, 5) is 41.9. The minimum atomic E-state index is -3.79. The summed E-state index contributed by atoms with van der Waals surface area (Å²) in [6.07, 6.45) is 1.13. The van der Waals surface area contributed by atoms with Gasteiger partial charge in [-0.25, -0.2) is 13.4 Å². The zero-order valence-corrected chi connectivity index (χ0v) is 20.1. The van der Waals surface area contributed by atoms with E-state index in [9.17, 15) is 22.8 Å². The number of sulfonamides is 1. The Kier molecular flexibility index (Phi) is 6.64. The third kappa shape index (κ3) is 4.52. The Bertz CT molecular complexity index is 1600. The molecule has 34 heavy (non-hydrogen) atoms. The third-order valence-corrected chi connectivity index (χ3v) is 8.28. The maximum Gasteiger partial charge on any atom is 0.326 e. The summed E-state index contributed by atoms with van der Waals surface area (Å²) in [7, 11) is -3.79. The maximum absolute atomic E-state index is 12.7. The van der Waals surface area contributed by atoms with Gasteiger partial charge in [-0.1, -0.05) is 37.3 Å². The second-order valence-corrected chi connectivity index (χ2v) is 10.3. The van der Waals surface area contributed by atoms with Crippen LogP contribution >= 0.6 is 11.3 Å². The van der Waals surface area contributed by atoms with Gasteiger partial charge < -0.3 is 9.30 Å². The smallest absolute Gasteiger partial charge is 0.326 e. The van der Waals surface area contributed by atoms with Crippen molar-refractivity contribution in [2.45, 2.75) is 31.9 Å². The number of hydrogen-bond donors (Lipinski definition) is 0. The van der Waals surface area contributed by atoms with Gasteiger partial charge in [0.25, 0.3) is 11.1 Å². The zero-order chi connectivity index (χ0) is 24.5. The molecule has 3 aromatic heterocycles. The number of ether oxygens (including phenoxy) is 1. The van der Waals surface area contributed by atoms with Crippen LogP contribution in [-0.2, 0) is 32.7 Å². The number of rotatable bonds is 8. The number of benzene rings is 1. The molecule has 0 aliphatic rings. The highest BCUT2D eigenvalue weighted by Gasteiger charge is 2.22. The summed E-state index contributed by atoms with van der Waals surface area (Å²) >= 11 is 1.34. The summed E-state index contributed by atoms with van der Waals surface area (Å²) in [5, 5.41) is 0. The maximum atomic E-state index is 12.7. The number of nitrogens with zero attached hydrogens (tertiary/aromatic N) is 4. The van der Waals surface area contributed by atoms with Crippen molar-refractivity contribution in [3.63, 3.8) is 0 Å². The molecule has 4 aromatic rings. The van der Waals surface area contributed by atoms with E-state index in [0.29, 0.717) is 4.96 Å². The van der Waals surface area contributed by atoms with Crippen LogP contribution in [0.15, 0.2) is 63.1 Å². The van der Waals surface area contributed by atoms with Crippen molar-refractivity contribution >= 4 is 42.5 Å². The topological polar surface area (TPSA) is 120 Å². The van der Waals surface area contributed by atoms with E-state index >= 15 is 0 Å². The Morgan fingerprint density at radius 2 is 1.82 bits per heavy atom. The van der Waals surface area contributed by atoms with E-state index in [1.807, 2.05) is 24.3 Å². The van der Waals surface area contributed by atoms with E-state index in [0.717, 1.165) is 27.0 Å². The van der Waals surface area contributed by atoms with Gasteiger partial charge in [-0.3, -0.25) is 18.8 Å². The molecule has 0 unspecified atom stereocenters. The molecule has 0 radical (unpaired) electrons. The third-order valence-electron chi connectivity index (χ3n) is 5.23. The van der Waals surface area contributed by atoms with Crippen LogP contribution in [0.25, 0.3) is 15.2 Å². The van der Waals surface area contributed by atoms with Crippen molar-refractivity contribution in [3.8, 4) is 0 Å². The Morgan fingerprint density at radius 3 is 2.56 bits per heavy atom. The number of para-hydroxylation sites is 1. The lowest BCUT2D eigenvalue weighted by Gasteiger charge is -2.18. The minimum absolute atomic E-state index is 0.0894. The molecule has 0 bridgehead atoms. The SMILES string of the molecule is CCN(CC)S(=O)(=O)c1ccc(=O)n(CC(=O)OCc2cc(=O)n3c(n2)sc2ccccc23)c1. The quantitative estimate of drug-likeness (QED) is 0.337. The lowest BCUT2D eigenvalue weighted by molar-refractivity contribution is -0.145. The first-order chi connectivity index (χ1) is 16.2. The van der Waals surface area contributed by atoms with E-state index in [4.69, 9.17) is 4.74 Å². The summed E-state index contributed by atoms with van der Waals surface area (Å²) in [5.41, 5.74) is 0.190. The van der Waals surface area contributed by atoms with E-state index in [-0.39, 0.29) is 35.8 Å². The molecule has 0 fully saturated rings. The molecule has 178 valence electrons. The predicted octanol–water partition coefficient (Wildman–Crippen LogP) is 1.84. The van der Waals surface area contributed by atoms with Crippen LogP contribution in [0.5, 0.6) is 0 Å². The second kappa shape index (κ2) is 9.49. The van der Waals surface area contributed by atoms with E-state index in [2.05, 4.69) is 4.98 Å². The van der Waals surface area contributed by atoms with Crippen LogP contribution in [0, 0.1) is 0 Å². The predicted molar refractivity (Wildman–Crippen MR) is 127 cm³/mol. The largest absolute Gasteiger partial charge is 0.458 e. The van der Waals surface area contributed by atoms with Gasteiger partial charge in [0, 0.05) is 31.4 Å². The second-order valence-electron chi connectivity index (χ2n) is 7.35.